The van der Waals surface area contributed by atoms with Crippen molar-refractivity contribution in [1.82, 2.24) is 21.5 Å². The molecule has 1 aliphatic rings. The molecule has 0 spiro atoms. The maximum Gasteiger partial charge on any atom is 0.327 e. The molecular weight excluding hydrogens is 532 g/mol. The smallest absolute Gasteiger partial charge is 0.327 e. The minimum Gasteiger partial charge on any atom is -0.507 e. The SMILES string of the molecule is CC1(C)CC(NC(=O)C(=O)NNC(=O)C(CC(=O)O)Sc2cc(C(C)(C)C)c(O)c(C(C)(C)C)c2)CC(C)(C)N1. The number of thioether (sulfide) groups is 1. The van der Waals surface area contributed by atoms with Crippen LogP contribution in [0.3, 0.4) is 0 Å². The highest BCUT2D eigenvalue weighted by Crippen LogP contribution is 2.42. The highest BCUT2D eigenvalue weighted by atomic mass is 32.2. The molecule has 1 saturated heterocycles. The molecule has 1 aromatic carbocycles. The lowest BCUT2D eigenvalue weighted by Gasteiger charge is -2.46. The van der Waals surface area contributed by atoms with Crippen LogP contribution in [-0.2, 0) is 30.0 Å². The lowest BCUT2D eigenvalue weighted by atomic mass is 9.79. The van der Waals surface area contributed by atoms with Crippen molar-refractivity contribution in [3.63, 3.8) is 0 Å². The maximum atomic E-state index is 13.0. The number of aromatic hydroxyl groups is 1. The van der Waals surface area contributed by atoms with Gasteiger partial charge in [-0.15, -0.1) is 11.8 Å². The first-order valence-electron chi connectivity index (χ1n) is 13.5. The fourth-order valence-electron chi connectivity index (χ4n) is 5.26. The van der Waals surface area contributed by atoms with E-state index in [1.54, 1.807) is 12.1 Å². The van der Waals surface area contributed by atoms with Crippen LogP contribution in [0.5, 0.6) is 5.75 Å². The van der Waals surface area contributed by atoms with E-state index in [4.69, 9.17) is 0 Å². The van der Waals surface area contributed by atoms with E-state index in [0.717, 1.165) is 11.8 Å². The summed E-state index contributed by atoms with van der Waals surface area (Å²) in [6.07, 6.45) is 0.728. The Bertz CT molecular complexity index is 1100. The lowest BCUT2D eigenvalue weighted by molar-refractivity contribution is -0.142. The Labute approximate surface area is 241 Å². The fourth-order valence-corrected chi connectivity index (χ4v) is 6.35. The first-order valence-corrected chi connectivity index (χ1v) is 14.4. The number of carboxylic acid groups (broad SMARTS) is 1. The van der Waals surface area contributed by atoms with Crippen LogP contribution in [0, 0.1) is 0 Å². The Morgan fingerprint density at radius 1 is 0.925 bits per heavy atom. The number of carbonyl (C=O) groups excluding carboxylic acids is 3. The second kappa shape index (κ2) is 12.0. The van der Waals surface area contributed by atoms with Crippen molar-refractivity contribution in [2.24, 2.45) is 0 Å². The van der Waals surface area contributed by atoms with Crippen LogP contribution in [0.15, 0.2) is 17.0 Å². The first kappa shape index (κ1) is 33.4. The topological polar surface area (TPSA) is 157 Å². The Morgan fingerprint density at radius 3 is 1.82 bits per heavy atom. The van der Waals surface area contributed by atoms with Crippen molar-refractivity contribution in [1.29, 1.82) is 0 Å². The van der Waals surface area contributed by atoms with E-state index in [2.05, 4.69) is 21.5 Å². The molecule has 40 heavy (non-hydrogen) atoms. The molecule has 0 aliphatic carbocycles. The summed E-state index contributed by atoms with van der Waals surface area (Å²) in [7, 11) is 0. The van der Waals surface area contributed by atoms with Crippen LogP contribution < -0.4 is 21.5 Å². The van der Waals surface area contributed by atoms with Crippen LogP contribution in [0.2, 0.25) is 0 Å². The first-order chi connectivity index (χ1) is 18.0. The fraction of sp³-hybridized carbons (Fsp3) is 0.655. The van der Waals surface area contributed by atoms with Crippen LogP contribution >= 0.6 is 11.8 Å². The number of hydrogen-bond acceptors (Lipinski definition) is 7. The summed E-state index contributed by atoms with van der Waals surface area (Å²) in [6.45, 7) is 19.8. The molecule has 1 fully saturated rings. The Balaban J connectivity index is 2.17. The van der Waals surface area contributed by atoms with Gasteiger partial charge >= 0.3 is 17.8 Å². The third-order valence-electron chi connectivity index (χ3n) is 6.66. The van der Waals surface area contributed by atoms with Crippen molar-refractivity contribution in [2.45, 2.75) is 127 Å². The van der Waals surface area contributed by atoms with Gasteiger partial charge in [0.15, 0.2) is 0 Å². The number of carboxylic acids is 1. The number of nitrogens with one attached hydrogen (secondary N) is 4. The van der Waals surface area contributed by atoms with Crippen molar-refractivity contribution < 1.29 is 29.4 Å². The monoisotopic (exact) mass is 578 g/mol. The number of rotatable bonds is 6. The molecule has 10 nitrogen and oxygen atoms in total. The van der Waals surface area contributed by atoms with Crippen LogP contribution in [0.25, 0.3) is 0 Å². The second-order valence-corrected chi connectivity index (χ2v) is 15.3. The Hall–Kier alpha value is -2.79. The highest BCUT2D eigenvalue weighted by molar-refractivity contribution is 8.00. The molecule has 6 N–H and O–H groups in total. The summed E-state index contributed by atoms with van der Waals surface area (Å²) in [5, 5.41) is 25.6. The molecule has 0 aromatic heterocycles. The zero-order chi connectivity index (χ0) is 30.8. The predicted molar refractivity (Wildman–Crippen MR) is 156 cm³/mol. The van der Waals surface area contributed by atoms with E-state index in [1.165, 1.54) is 0 Å². The Kier molecular flexibility index (Phi) is 10.0. The van der Waals surface area contributed by atoms with Gasteiger partial charge in [0, 0.05) is 33.1 Å². The molecule has 2 rings (SSSR count). The number of hydrazine groups is 1. The van der Waals surface area contributed by atoms with E-state index < -0.39 is 46.2 Å². The average Bonchev–Trinajstić information content (AvgIpc) is 2.73. The second-order valence-electron chi connectivity index (χ2n) is 14.0. The number of amides is 3. The number of phenolic OH excluding ortho intramolecular Hbond substituents is 1. The summed E-state index contributed by atoms with van der Waals surface area (Å²) >= 11 is 1.02. The number of benzene rings is 1. The summed E-state index contributed by atoms with van der Waals surface area (Å²) in [5.41, 5.74) is 4.38. The van der Waals surface area contributed by atoms with E-state index in [0.29, 0.717) is 28.9 Å². The average molecular weight is 579 g/mol. The van der Waals surface area contributed by atoms with Gasteiger partial charge < -0.3 is 20.8 Å². The van der Waals surface area contributed by atoms with Crippen molar-refractivity contribution in [2.75, 3.05) is 0 Å². The molecule has 11 heteroatoms. The standard InChI is InChI=1S/C29H46N4O6S/c1-26(2,3)18-11-17(12-19(22(18)36)27(4,5)6)40-20(13-21(34)35)23(37)31-32-25(39)24(38)30-16-14-28(7,8)33-29(9,10)15-16/h11-12,16,20,33,36H,13-15H2,1-10H3,(H,30,38)(H,31,37)(H,32,39)(H,34,35). The van der Waals surface area contributed by atoms with Gasteiger partial charge in [0.2, 0.25) is 0 Å². The van der Waals surface area contributed by atoms with Gasteiger partial charge in [-0.3, -0.25) is 30.0 Å². The molecule has 3 amide bonds. The minimum atomic E-state index is -1.20. The zero-order valence-electron chi connectivity index (χ0n) is 25.4. The Morgan fingerprint density at radius 2 is 1.40 bits per heavy atom. The molecule has 0 saturated carbocycles. The molecule has 1 heterocycles. The van der Waals surface area contributed by atoms with Gasteiger partial charge in [0.25, 0.3) is 5.91 Å². The predicted octanol–water partition coefficient (Wildman–Crippen LogP) is 3.50. The molecule has 1 aliphatic heterocycles. The van der Waals surface area contributed by atoms with Crippen molar-refractivity contribution in [3.05, 3.63) is 23.3 Å². The van der Waals surface area contributed by atoms with Gasteiger partial charge in [-0.05, 0) is 63.5 Å². The third kappa shape index (κ3) is 9.40. The van der Waals surface area contributed by atoms with E-state index in [1.807, 2.05) is 69.2 Å². The quantitative estimate of drug-likeness (QED) is 0.170. The third-order valence-corrected chi connectivity index (χ3v) is 7.83. The largest absolute Gasteiger partial charge is 0.507 e. The maximum absolute atomic E-state index is 13.0. The number of carbonyl (C=O) groups is 4. The number of hydrogen-bond donors (Lipinski definition) is 6. The molecule has 1 aromatic rings. The molecule has 0 radical (unpaired) electrons. The minimum absolute atomic E-state index is 0.169. The zero-order valence-corrected chi connectivity index (χ0v) is 26.2. The summed E-state index contributed by atoms with van der Waals surface area (Å²) < 4.78 is 0. The summed E-state index contributed by atoms with van der Waals surface area (Å²) in [5.74, 6) is -3.72. The number of phenols is 1. The lowest BCUT2D eigenvalue weighted by Crippen LogP contribution is -2.63. The normalized spacial score (nSPS) is 17.9. The summed E-state index contributed by atoms with van der Waals surface area (Å²) in [4.78, 5) is 50.3. The van der Waals surface area contributed by atoms with Gasteiger partial charge in [0.1, 0.15) is 11.0 Å². The highest BCUT2D eigenvalue weighted by Gasteiger charge is 2.39. The van der Waals surface area contributed by atoms with E-state index in [-0.39, 0.29) is 22.9 Å². The van der Waals surface area contributed by atoms with Gasteiger partial charge in [-0.1, -0.05) is 41.5 Å². The summed E-state index contributed by atoms with van der Waals surface area (Å²) in [6, 6.07) is 3.27. The molecule has 1 unspecified atom stereocenters. The van der Waals surface area contributed by atoms with Crippen LogP contribution in [0.4, 0.5) is 0 Å². The van der Waals surface area contributed by atoms with Gasteiger partial charge in [-0.25, -0.2) is 0 Å². The molecular formula is C29H46N4O6S. The van der Waals surface area contributed by atoms with E-state index >= 15 is 0 Å². The van der Waals surface area contributed by atoms with Crippen LogP contribution in [0.1, 0.15) is 99.6 Å². The van der Waals surface area contributed by atoms with Gasteiger partial charge in [-0.2, -0.15) is 0 Å². The molecule has 1 atom stereocenters. The molecule has 224 valence electrons. The number of aliphatic carboxylic acids is 1. The van der Waals surface area contributed by atoms with Crippen molar-refractivity contribution >= 4 is 35.5 Å². The van der Waals surface area contributed by atoms with Crippen molar-refractivity contribution in [3.8, 4) is 5.75 Å². The van der Waals surface area contributed by atoms with Gasteiger partial charge in [0.05, 0.1) is 6.42 Å². The van der Waals surface area contributed by atoms with Crippen LogP contribution in [-0.4, -0.2) is 56.3 Å². The number of piperidine rings is 1. The van der Waals surface area contributed by atoms with E-state index in [9.17, 15) is 29.4 Å². The molecule has 0 bridgehead atoms.